The van der Waals surface area contributed by atoms with Gasteiger partial charge in [-0.3, -0.25) is 0 Å². The molecule has 1 aromatic carbocycles. The highest BCUT2D eigenvalue weighted by atomic mass is 32.2. The molecular formula is C25H27F4N5O3S. The molecule has 204 valence electrons. The maximum absolute atomic E-state index is 14.7. The van der Waals surface area contributed by atoms with Gasteiger partial charge in [0, 0.05) is 36.1 Å². The number of aromatic nitrogens is 3. The van der Waals surface area contributed by atoms with E-state index in [9.17, 15) is 26.0 Å². The number of hydrogen-bond donors (Lipinski definition) is 2. The lowest BCUT2D eigenvalue weighted by molar-refractivity contribution is -0.129. The van der Waals surface area contributed by atoms with E-state index in [1.54, 1.807) is 24.4 Å². The molecule has 38 heavy (non-hydrogen) atoms. The molecule has 13 heteroatoms. The summed E-state index contributed by atoms with van der Waals surface area (Å²) in [6.45, 7) is 0. The van der Waals surface area contributed by atoms with Crippen LogP contribution in [-0.4, -0.2) is 47.4 Å². The van der Waals surface area contributed by atoms with Crippen molar-refractivity contribution in [2.45, 2.75) is 56.1 Å². The van der Waals surface area contributed by atoms with Gasteiger partial charge in [0.05, 0.1) is 29.2 Å². The fraction of sp³-hybridized carbons (Fsp3) is 0.400. The summed E-state index contributed by atoms with van der Waals surface area (Å²) >= 11 is 0. The Morgan fingerprint density at radius 1 is 1.05 bits per heavy atom. The fourth-order valence-electron chi connectivity index (χ4n) is 4.09. The van der Waals surface area contributed by atoms with E-state index in [0.29, 0.717) is 17.2 Å². The first-order chi connectivity index (χ1) is 18.0. The average Bonchev–Trinajstić information content (AvgIpc) is 2.86. The Labute approximate surface area is 217 Å². The van der Waals surface area contributed by atoms with E-state index in [4.69, 9.17) is 10.5 Å². The predicted molar refractivity (Wildman–Crippen MR) is 134 cm³/mol. The number of ether oxygens (including phenoxy) is 1. The van der Waals surface area contributed by atoms with Crippen LogP contribution in [0.2, 0.25) is 0 Å². The van der Waals surface area contributed by atoms with Crippen LogP contribution < -0.4 is 15.8 Å². The standard InChI is InChI=1S/C25H27F4N5O3S/c26-21-14-19(8-3-16(21)15-38(35,36)13-10-25(27,28)29)37-23-20(2-1-11-31-23)22-9-12-32-24(34-22)33-18-6-4-17(30)5-7-18/h1-3,8-9,11-12,14,17-18H,4-7,10,13,15,30H2,(H,32,33,34). The van der Waals surface area contributed by atoms with Crippen molar-refractivity contribution in [2.75, 3.05) is 11.1 Å². The lowest BCUT2D eigenvalue weighted by Gasteiger charge is -2.26. The number of rotatable bonds is 9. The summed E-state index contributed by atoms with van der Waals surface area (Å²) in [6.07, 6.45) is 0.665. The zero-order valence-corrected chi connectivity index (χ0v) is 21.1. The molecule has 2 heterocycles. The summed E-state index contributed by atoms with van der Waals surface area (Å²) in [6, 6.07) is 9.00. The van der Waals surface area contributed by atoms with E-state index in [-0.39, 0.29) is 29.3 Å². The van der Waals surface area contributed by atoms with Crippen molar-refractivity contribution in [3.05, 3.63) is 60.2 Å². The van der Waals surface area contributed by atoms with Crippen LogP contribution in [0.25, 0.3) is 11.3 Å². The minimum atomic E-state index is -4.62. The first-order valence-corrected chi connectivity index (χ1v) is 13.8. The van der Waals surface area contributed by atoms with Crippen molar-refractivity contribution in [3.8, 4) is 22.9 Å². The molecule has 0 unspecified atom stereocenters. The molecule has 3 N–H and O–H groups in total. The molecule has 0 bridgehead atoms. The van der Waals surface area contributed by atoms with Crippen molar-refractivity contribution in [2.24, 2.45) is 5.73 Å². The average molecular weight is 554 g/mol. The number of nitrogens with two attached hydrogens (primary N) is 1. The molecule has 1 aliphatic rings. The van der Waals surface area contributed by atoms with Gasteiger partial charge in [0.2, 0.25) is 11.8 Å². The van der Waals surface area contributed by atoms with Gasteiger partial charge in [-0.2, -0.15) is 13.2 Å². The lowest BCUT2D eigenvalue weighted by Crippen LogP contribution is -2.33. The summed E-state index contributed by atoms with van der Waals surface area (Å²) in [5, 5.41) is 3.33. The number of anilines is 1. The number of halogens is 4. The van der Waals surface area contributed by atoms with Crippen molar-refractivity contribution in [1.29, 1.82) is 0 Å². The fourth-order valence-corrected chi connectivity index (χ4v) is 5.49. The van der Waals surface area contributed by atoms with Crippen LogP contribution in [0.15, 0.2) is 48.8 Å². The summed E-state index contributed by atoms with van der Waals surface area (Å²) in [5.41, 5.74) is 6.76. The number of pyridine rings is 1. The highest BCUT2D eigenvalue weighted by Gasteiger charge is 2.30. The number of nitrogens with one attached hydrogen (secondary N) is 1. The Balaban J connectivity index is 1.48. The minimum Gasteiger partial charge on any atom is -0.438 e. The molecule has 0 amide bonds. The minimum absolute atomic E-state index is 0.0323. The summed E-state index contributed by atoms with van der Waals surface area (Å²) < 4.78 is 81.6. The van der Waals surface area contributed by atoms with E-state index < -0.39 is 39.8 Å². The Morgan fingerprint density at radius 3 is 2.53 bits per heavy atom. The van der Waals surface area contributed by atoms with Gasteiger partial charge in [0.25, 0.3) is 0 Å². The van der Waals surface area contributed by atoms with Crippen molar-refractivity contribution in [3.63, 3.8) is 0 Å². The highest BCUT2D eigenvalue weighted by molar-refractivity contribution is 7.90. The molecule has 1 saturated carbocycles. The van der Waals surface area contributed by atoms with E-state index in [1.807, 2.05) is 0 Å². The SMILES string of the molecule is NC1CCC(Nc2nccc(-c3cccnc3Oc3ccc(CS(=O)(=O)CCC(F)(F)F)c(F)c3)n2)CC1. The third kappa shape index (κ3) is 7.84. The van der Waals surface area contributed by atoms with Gasteiger partial charge in [-0.1, -0.05) is 6.07 Å². The Hall–Kier alpha value is -3.32. The lowest BCUT2D eigenvalue weighted by atomic mass is 9.92. The smallest absolute Gasteiger partial charge is 0.390 e. The van der Waals surface area contributed by atoms with Crippen molar-refractivity contribution < 1.29 is 30.7 Å². The third-order valence-electron chi connectivity index (χ3n) is 6.12. The molecular weight excluding hydrogens is 526 g/mol. The Morgan fingerprint density at radius 2 is 1.82 bits per heavy atom. The maximum atomic E-state index is 14.7. The molecule has 2 aromatic heterocycles. The first-order valence-electron chi connectivity index (χ1n) is 12.0. The summed E-state index contributed by atoms with van der Waals surface area (Å²) in [5.74, 6) is -2.28. The molecule has 1 aliphatic carbocycles. The number of benzene rings is 1. The van der Waals surface area contributed by atoms with Crippen LogP contribution in [0.1, 0.15) is 37.7 Å². The molecule has 0 aliphatic heterocycles. The molecule has 4 rings (SSSR count). The topological polar surface area (TPSA) is 120 Å². The number of hydrogen-bond acceptors (Lipinski definition) is 8. The second kappa shape index (κ2) is 11.6. The first kappa shape index (κ1) is 27.7. The van der Waals surface area contributed by atoms with Crippen LogP contribution in [0.5, 0.6) is 11.6 Å². The van der Waals surface area contributed by atoms with Crippen LogP contribution >= 0.6 is 0 Å². The van der Waals surface area contributed by atoms with Crippen LogP contribution in [-0.2, 0) is 15.6 Å². The quantitative estimate of drug-likeness (QED) is 0.355. The molecule has 0 radical (unpaired) electrons. The zero-order chi connectivity index (χ0) is 27.3. The van der Waals surface area contributed by atoms with E-state index >= 15 is 0 Å². The van der Waals surface area contributed by atoms with E-state index in [1.165, 1.54) is 18.3 Å². The van der Waals surface area contributed by atoms with Gasteiger partial charge in [-0.05, 0) is 49.9 Å². The van der Waals surface area contributed by atoms with Crippen LogP contribution in [0, 0.1) is 5.82 Å². The van der Waals surface area contributed by atoms with Gasteiger partial charge < -0.3 is 15.8 Å². The number of nitrogens with zero attached hydrogens (tertiary/aromatic N) is 3. The molecule has 3 aromatic rings. The highest BCUT2D eigenvalue weighted by Crippen LogP contribution is 2.32. The molecule has 8 nitrogen and oxygen atoms in total. The van der Waals surface area contributed by atoms with Gasteiger partial charge in [-0.25, -0.2) is 27.8 Å². The molecule has 1 fully saturated rings. The van der Waals surface area contributed by atoms with Crippen LogP contribution in [0.3, 0.4) is 0 Å². The van der Waals surface area contributed by atoms with Crippen molar-refractivity contribution >= 4 is 15.8 Å². The van der Waals surface area contributed by atoms with Crippen molar-refractivity contribution in [1.82, 2.24) is 15.0 Å². The summed E-state index contributed by atoms with van der Waals surface area (Å²) in [4.78, 5) is 13.1. The second-order valence-corrected chi connectivity index (χ2v) is 11.4. The van der Waals surface area contributed by atoms with E-state index in [0.717, 1.165) is 31.7 Å². The zero-order valence-electron chi connectivity index (χ0n) is 20.3. The number of sulfone groups is 1. The van der Waals surface area contributed by atoms with Gasteiger partial charge in [0.15, 0.2) is 9.84 Å². The van der Waals surface area contributed by atoms with Gasteiger partial charge >= 0.3 is 6.18 Å². The summed E-state index contributed by atoms with van der Waals surface area (Å²) in [7, 11) is -4.16. The normalized spacial score (nSPS) is 18.2. The third-order valence-corrected chi connectivity index (χ3v) is 7.70. The van der Waals surface area contributed by atoms with Gasteiger partial charge in [-0.15, -0.1) is 0 Å². The largest absolute Gasteiger partial charge is 0.438 e. The maximum Gasteiger partial charge on any atom is 0.390 e. The monoisotopic (exact) mass is 553 g/mol. The van der Waals surface area contributed by atoms with Crippen LogP contribution in [0.4, 0.5) is 23.5 Å². The molecule has 0 saturated heterocycles. The predicted octanol–water partition coefficient (Wildman–Crippen LogP) is 5.02. The number of alkyl halides is 3. The molecule has 0 spiro atoms. The molecule has 0 atom stereocenters. The van der Waals surface area contributed by atoms with E-state index in [2.05, 4.69) is 20.3 Å². The van der Waals surface area contributed by atoms with Gasteiger partial charge in [0.1, 0.15) is 11.6 Å². The Kier molecular flexibility index (Phi) is 8.46. The second-order valence-electron chi connectivity index (χ2n) is 9.19. The Bertz CT molecular complexity index is 1360.